The minimum atomic E-state index is -0.807. The van der Waals surface area contributed by atoms with Crippen LogP contribution in [0.1, 0.15) is 33.5 Å². The number of fused-ring (bicyclic) bond motifs is 1. The first-order valence-corrected chi connectivity index (χ1v) is 12.4. The summed E-state index contributed by atoms with van der Waals surface area (Å²) in [7, 11) is 0. The van der Waals surface area contributed by atoms with Crippen LogP contribution >= 0.6 is 0 Å². The van der Waals surface area contributed by atoms with Gasteiger partial charge in [0.05, 0.1) is 23.0 Å². The second-order valence-corrected chi connectivity index (χ2v) is 8.99. The van der Waals surface area contributed by atoms with Crippen molar-refractivity contribution >= 4 is 46.2 Å². The van der Waals surface area contributed by atoms with Crippen molar-refractivity contribution in [3.63, 3.8) is 0 Å². The first-order valence-electron chi connectivity index (χ1n) is 12.4. The summed E-state index contributed by atoms with van der Waals surface area (Å²) in [4.78, 5) is 57.9. The number of nitrogens with two attached hydrogens (primary N) is 1. The quantitative estimate of drug-likeness (QED) is 0.309. The van der Waals surface area contributed by atoms with Gasteiger partial charge in [-0.25, -0.2) is 19.7 Å². The number of carbonyl (C=O) groups excluding carboxylic acids is 3. The lowest BCUT2D eigenvalue weighted by Crippen LogP contribution is -2.51. The maximum atomic E-state index is 13.8. The zero-order valence-corrected chi connectivity index (χ0v) is 21.2. The number of carbonyl (C=O) groups is 3. The highest BCUT2D eigenvalue weighted by Gasteiger charge is 2.30. The molecule has 0 spiro atoms. The normalized spacial score (nSPS) is 13.5. The van der Waals surface area contributed by atoms with E-state index in [9.17, 15) is 14.4 Å². The van der Waals surface area contributed by atoms with Crippen LogP contribution in [0, 0.1) is 6.92 Å². The van der Waals surface area contributed by atoms with Crippen LogP contribution in [0.4, 0.5) is 22.1 Å². The second kappa shape index (κ2) is 10.2. The lowest BCUT2D eigenvalue weighted by atomic mass is 10.1. The topological polar surface area (TPSA) is 156 Å². The zero-order chi connectivity index (χ0) is 26.8. The van der Waals surface area contributed by atoms with E-state index >= 15 is 0 Å². The molecule has 38 heavy (non-hydrogen) atoms. The first kappa shape index (κ1) is 24.8. The van der Waals surface area contributed by atoms with Gasteiger partial charge in [0.1, 0.15) is 5.69 Å². The largest absolute Gasteiger partial charge is 0.368 e. The number of urea groups is 1. The SMILES string of the molecule is CCNC(=O)N1CCN(c2ccc(N(C(=O)c3[nH]cnc3C(N)=O)c3nc4ccccc4[nH]3)c(C)c2)CC1. The molecule has 0 radical (unpaired) electrons. The molecular formula is C26H29N9O3. The molecule has 0 saturated carbocycles. The van der Waals surface area contributed by atoms with Gasteiger partial charge in [0, 0.05) is 38.4 Å². The number of imidazole rings is 2. The van der Waals surface area contributed by atoms with Gasteiger partial charge in [-0.15, -0.1) is 0 Å². The number of anilines is 3. The van der Waals surface area contributed by atoms with Crippen LogP contribution in [0.5, 0.6) is 0 Å². The molecule has 1 saturated heterocycles. The van der Waals surface area contributed by atoms with Crippen LogP contribution in [0.2, 0.25) is 0 Å². The number of aromatic amines is 2. The number of H-pyrrole nitrogens is 2. The Morgan fingerprint density at radius 1 is 1.11 bits per heavy atom. The van der Waals surface area contributed by atoms with E-state index in [4.69, 9.17) is 5.73 Å². The molecule has 2 aromatic carbocycles. The molecule has 4 aromatic rings. The Balaban J connectivity index is 1.48. The summed E-state index contributed by atoms with van der Waals surface area (Å²) < 4.78 is 0. The number of amides is 4. The van der Waals surface area contributed by atoms with Crippen molar-refractivity contribution < 1.29 is 14.4 Å². The van der Waals surface area contributed by atoms with Gasteiger partial charge in [-0.1, -0.05) is 12.1 Å². The van der Waals surface area contributed by atoms with Crippen LogP contribution in [0.3, 0.4) is 0 Å². The van der Waals surface area contributed by atoms with E-state index in [0.29, 0.717) is 49.9 Å². The molecule has 1 aliphatic rings. The predicted molar refractivity (Wildman–Crippen MR) is 144 cm³/mol. The lowest BCUT2D eigenvalue weighted by molar-refractivity contribution is 0.0961. The third-order valence-corrected chi connectivity index (χ3v) is 6.56. The molecule has 12 heteroatoms. The standard InChI is InChI=1S/C26H29N9O3/c1-3-28-26(38)34-12-10-33(11-13-34)17-8-9-20(16(2)14-17)35(24(37)22-21(23(27)36)29-15-30-22)25-31-18-6-4-5-7-19(18)32-25/h4-9,14-15H,3,10-13H2,1-2H3,(H2,27,36)(H,28,38)(H,29,30)(H,31,32). The molecule has 1 aliphatic heterocycles. The van der Waals surface area contributed by atoms with Gasteiger partial charge in [0.2, 0.25) is 5.95 Å². The predicted octanol–water partition coefficient (Wildman–Crippen LogP) is 2.52. The van der Waals surface area contributed by atoms with Crippen molar-refractivity contribution in [2.45, 2.75) is 13.8 Å². The molecule has 196 valence electrons. The average molecular weight is 516 g/mol. The first-order chi connectivity index (χ1) is 18.4. The fourth-order valence-corrected chi connectivity index (χ4v) is 4.64. The van der Waals surface area contributed by atoms with Gasteiger partial charge < -0.3 is 30.8 Å². The number of hydrogen-bond donors (Lipinski definition) is 4. The van der Waals surface area contributed by atoms with Crippen LogP contribution in [-0.4, -0.2) is 75.4 Å². The van der Waals surface area contributed by atoms with E-state index in [0.717, 1.165) is 16.8 Å². The average Bonchev–Trinajstić information content (AvgIpc) is 3.57. The van der Waals surface area contributed by atoms with Crippen LogP contribution in [0.15, 0.2) is 48.8 Å². The van der Waals surface area contributed by atoms with Gasteiger partial charge in [-0.05, 0) is 49.7 Å². The van der Waals surface area contributed by atoms with E-state index in [1.165, 1.54) is 11.2 Å². The minimum Gasteiger partial charge on any atom is -0.368 e. The van der Waals surface area contributed by atoms with Crippen LogP contribution in [0.25, 0.3) is 11.0 Å². The van der Waals surface area contributed by atoms with Gasteiger partial charge in [0.25, 0.3) is 11.8 Å². The highest BCUT2D eigenvalue weighted by atomic mass is 16.2. The van der Waals surface area contributed by atoms with Crippen LogP contribution in [-0.2, 0) is 0 Å². The Kier molecular flexibility index (Phi) is 6.69. The number of aryl methyl sites for hydroxylation is 1. The minimum absolute atomic E-state index is 0.0251. The molecule has 0 bridgehead atoms. The smallest absolute Gasteiger partial charge is 0.317 e. The van der Waals surface area contributed by atoms with Crippen molar-refractivity contribution in [2.24, 2.45) is 5.73 Å². The Bertz CT molecular complexity index is 1470. The molecule has 0 aliphatic carbocycles. The number of aromatic nitrogens is 4. The molecule has 4 amide bonds. The molecular weight excluding hydrogens is 486 g/mol. The Morgan fingerprint density at radius 3 is 2.55 bits per heavy atom. The van der Waals surface area contributed by atoms with Crippen molar-refractivity contribution in [3.8, 4) is 0 Å². The zero-order valence-electron chi connectivity index (χ0n) is 21.2. The number of para-hydroxylation sites is 2. The Labute approximate surface area is 218 Å². The molecule has 0 unspecified atom stereocenters. The number of benzene rings is 2. The maximum Gasteiger partial charge on any atom is 0.317 e. The van der Waals surface area contributed by atoms with E-state index in [1.54, 1.807) is 0 Å². The second-order valence-electron chi connectivity index (χ2n) is 8.99. The summed E-state index contributed by atoms with van der Waals surface area (Å²) in [5, 5.41) is 2.84. The number of piperazine rings is 1. The number of rotatable bonds is 6. The van der Waals surface area contributed by atoms with Gasteiger partial charge in [0.15, 0.2) is 5.69 Å². The monoisotopic (exact) mass is 515 g/mol. The maximum absolute atomic E-state index is 13.8. The highest BCUT2D eigenvalue weighted by Crippen LogP contribution is 2.33. The molecule has 5 rings (SSSR count). The summed E-state index contributed by atoms with van der Waals surface area (Å²) in [6, 6.07) is 13.2. The summed E-state index contributed by atoms with van der Waals surface area (Å²) in [5.41, 5.74) is 9.15. The molecule has 5 N–H and O–H groups in total. The van der Waals surface area contributed by atoms with Crippen molar-refractivity contribution in [1.29, 1.82) is 0 Å². The molecule has 0 atom stereocenters. The van der Waals surface area contributed by atoms with Gasteiger partial charge in [-0.2, -0.15) is 0 Å². The summed E-state index contributed by atoms with van der Waals surface area (Å²) >= 11 is 0. The van der Waals surface area contributed by atoms with E-state index in [-0.39, 0.29) is 17.4 Å². The number of hydrogen-bond acceptors (Lipinski definition) is 6. The Morgan fingerprint density at radius 2 is 1.87 bits per heavy atom. The van der Waals surface area contributed by atoms with Crippen molar-refractivity contribution in [3.05, 3.63) is 65.7 Å². The number of nitrogens with zero attached hydrogens (tertiary/aromatic N) is 5. The number of primary amides is 1. The lowest BCUT2D eigenvalue weighted by Gasteiger charge is -2.36. The third kappa shape index (κ3) is 4.63. The fraction of sp³-hybridized carbons (Fsp3) is 0.269. The molecule has 12 nitrogen and oxygen atoms in total. The molecule has 2 aromatic heterocycles. The van der Waals surface area contributed by atoms with E-state index in [2.05, 4.69) is 30.2 Å². The fourth-order valence-electron chi connectivity index (χ4n) is 4.64. The summed E-state index contributed by atoms with van der Waals surface area (Å²) in [6.45, 7) is 7.03. The summed E-state index contributed by atoms with van der Waals surface area (Å²) in [5.74, 6) is -1.03. The summed E-state index contributed by atoms with van der Waals surface area (Å²) in [6.07, 6.45) is 1.26. The molecule has 1 fully saturated rings. The van der Waals surface area contributed by atoms with E-state index in [1.807, 2.05) is 61.2 Å². The van der Waals surface area contributed by atoms with Crippen molar-refractivity contribution in [2.75, 3.05) is 42.5 Å². The van der Waals surface area contributed by atoms with Gasteiger partial charge in [-0.3, -0.25) is 9.59 Å². The highest BCUT2D eigenvalue weighted by molar-refractivity contribution is 6.14. The Hall–Kier alpha value is -4.87. The van der Waals surface area contributed by atoms with E-state index < -0.39 is 11.8 Å². The number of nitrogens with one attached hydrogen (secondary N) is 3. The van der Waals surface area contributed by atoms with Crippen LogP contribution < -0.4 is 20.9 Å². The van der Waals surface area contributed by atoms with Crippen molar-refractivity contribution in [1.82, 2.24) is 30.2 Å². The third-order valence-electron chi connectivity index (χ3n) is 6.56. The van der Waals surface area contributed by atoms with Gasteiger partial charge >= 0.3 is 6.03 Å². The molecule has 3 heterocycles.